The standard InChI is InChI=1S/C16H24N4O2/c1-13-12-18(2)5-6-20(13)16(21)14-3-4-15(17-11-14)19-7-9-22-10-8-19/h3-4,11,13H,5-10,12H2,1-2H3. The predicted octanol–water partition coefficient (Wildman–Crippen LogP) is 0.694. The third kappa shape index (κ3) is 3.23. The number of anilines is 1. The summed E-state index contributed by atoms with van der Waals surface area (Å²) in [4.78, 5) is 23.5. The minimum atomic E-state index is 0.0848. The van der Waals surface area contributed by atoms with Crippen LogP contribution in [0.5, 0.6) is 0 Å². The Kier molecular flexibility index (Phi) is 4.59. The van der Waals surface area contributed by atoms with Crippen molar-refractivity contribution in [2.45, 2.75) is 13.0 Å². The maximum absolute atomic E-state index is 12.6. The lowest BCUT2D eigenvalue weighted by atomic mass is 10.1. The fourth-order valence-electron chi connectivity index (χ4n) is 3.10. The van der Waals surface area contributed by atoms with Gasteiger partial charge in [0.1, 0.15) is 5.82 Å². The summed E-state index contributed by atoms with van der Waals surface area (Å²) in [6.07, 6.45) is 1.71. The molecule has 6 heteroatoms. The molecular weight excluding hydrogens is 280 g/mol. The van der Waals surface area contributed by atoms with Crippen LogP contribution in [0.15, 0.2) is 18.3 Å². The SMILES string of the molecule is CC1CN(C)CCN1C(=O)c1ccc(N2CCOCC2)nc1. The second-order valence-electron chi connectivity index (χ2n) is 6.11. The number of aromatic nitrogens is 1. The van der Waals surface area contributed by atoms with Crippen LogP contribution >= 0.6 is 0 Å². The molecule has 0 radical (unpaired) electrons. The monoisotopic (exact) mass is 304 g/mol. The molecule has 1 unspecified atom stereocenters. The first-order chi connectivity index (χ1) is 10.6. The number of carbonyl (C=O) groups is 1. The molecule has 0 aliphatic carbocycles. The van der Waals surface area contributed by atoms with E-state index in [9.17, 15) is 4.79 Å². The van der Waals surface area contributed by atoms with Crippen LogP contribution in [0.25, 0.3) is 0 Å². The third-order valence-electron chi connectivity index (χ3n) is 4.42. The summed E-state index contributed by atoms with van der Waals surface area (Å²) in [7, 11) is 2.09. The highest BCUT2D eigenvalue weighted by Gasteiger charge is 2.26. The first-order valence-corrected chi connectivity index (χ1v) is 7.93. The molecule has 0 spiro atoms. The van der Waals surface area contributed by atoms with Gasteiger partial charge >= 0.3 is 0 Å². The molecule has 120 valence electrons. The predicted molar refractivity (Wildman–Crippen MR) is 85.3 cm³/mol. The first kappa shape index (κ1) is 15.2. The molecule has 1 atom stereocenters. The van der Waals surface area contributed by atoms with E-state index in [2.05, 4.69) is 28.8 Å². The lowest BCUT2D eigenvalue weighted by Gasteiger charge is -2.38. The van der Waals surface area contributed by atoms with Gasteiger partial charge in [-0.25, -0.2) is 4.98 Å². The minimum Gasteiger partial charge on any atom is -0.378 e. The smallest absolute Gasteiger partial charge is 0.255 e. The summed E-state index contributed by atoms with van der Waals surface area (Å²) in [6.45, 7) is 7.92. The molecule has 0 bridgehead atoms. The summed E-state index contributed by atoms with van der Waals surface area (Å²) in [6, 6.07) is 4.08. The van der Waals surface area contributed by atoms with Crippen molar-refractivity contribution in [2.75, 3.05) is 57.9 Å². The molecule has 3 heterocycles. The van der Waals surface area contributed by atoms with Gasteiger partial charge in [0.15, 0.2) is 0 Å². The van der Waals surface area contributed by atoms with E-state index in [4.69, 9.17) is 4.74 Å². The van der Waals surface area contributed by atoms with Crippen LogP contribution < -0.4 is 4.90 Å². The Hall–Kier alpha value is -1.66. The number of nitrogens with zero attached hydrogens (tertiary/aromatic N) is 4. The zero-order chi connectivity index (χ0) is 15.5. The summed E-state index contributed by atoms with van der Waals surface area (Å²) in [5.74, 6) is 1.01. The maximum Gasteiger partial charge on any atom is 0.255 e. The van der Waals surface area contributed by atoms with Crippen LogP contribution in [-0.4, -0.2) is 79.7 Å². The van der Waals surface area contributed by atoms with Crippen LogP contribution in [0.3, 0.4) is 0 Å². The number of morpholine rings is 1. The van der Waals surface area contributed by atoms with Crippen LogP contribution in [0.4, 0.5) is 5.82 Å². The zero-order valence-corrected chi connectivity index (χ0v) is 13.4. The lowest BCUT2D eigenvalue weighted by molar-refractivity contribution is 0.0533. The first-order valence-electron chi connectivity index (χ1n) is 7.93. The summed E-state index contributed by atoms with van der Waals surface area (Å²) in [5, 5.41) is 0. The molecule has 2 aliphatic rings. The highest BCUT2D eigenvalue weighted by atomic mass is 16.5. The van der Waals surface area contributed by atoms with Gasteiger partial charge in [0.25, 0.3) is 5.91 Å². The fourth-order valence-corrected chi connectivity index (χ4v) is 3.10. The van der Waals surface area contributed by atoms with Gasteiger partial charge in [-0.05, 0) is 26.1 Å². The molecule has 2 saturated heterocycles. The summed E-state index contributed by atoms with van der Waals surface area (Å²) < 4.78 is 5.35. The Balaban J connectivity index is 1.68. The Morgan fingerprint density at radius 3 is 2.64 bits per heavy atom. The third-order valence-corrected chi connectivity index (χ3v) is 4.42. The molecule has 0 N–H and O–H groups in total. The van der Waals surface area contributed by atoms with E-state index >= 15 is 0 Å². The van der Waals surface area contributed by atoms with E-state index < -0.39 is 0 Å². The second kappa shape index (κ2) is 6.62. The van der Waals surface area contributed by atoms with E-state index in [1.165, 1.54) is 0 Å². The van der Waals surface area contributed by atoms with Crippen molar-refractivity contribution in [2.24, 2.45) is 0 Å². The second-order valence-corrected chi connectivity index (χ2v) is 6.11. The number of pyridine rings is 1. The Morgan fingerprint density at radius 1 is 1.23 bits per heavy atom. The number of amides is 1. The Bertz CT molecular complexity index is 513. The fraction of sp³-hybridized carbons (Fsp3) is 0.625. The van der Waals surface area contributed by atoms with Gasteiger partial charge < -0.3 is 19.4 Å². The Labute approximate surface area is 131 Å². The van der Waals surface area contributed by atoms with Gasteiger partial charge in [-0.3, -0.25) is 4.79 Å². The van der Waals surface area contributed by atoms with Crippen molar-refractivity contribution in [3.05, 3.63) is 23.9 Å². The number of hydrogen-bond donors (Lipinski definition) is 0. The van der Waals surface area contributed by atoms with E-state index in [1.54, 1.807) is 6.20 Å². The van der Waals surface area contributed by atoms with Crippen LogP contribution in [0.1, 0.15) is 17.3 Å². The number of likely N-dealkylation sites (N-methyl/N-ethyl adjacent to an activating group) is 1. The van der Waals surface area contributed by atoms with E-state index in [0.717, 1.165) is 51.8 Å². The molecule has 1 aromatic rings. The van der Waals surface area contributed by atoms with E-state index in [1.807, 2.05) is 17.0 Å². The van der Waals surface area contributed by atoms with Gasteiger partial charge in [-0.15, -0.1) is 0 Å². The van der Waals surface area contributed by atoms with Crippen molar-refractivity contribution in [3.63, 3.8) is 0 Å². The number of carbonyl (C=O) groups excluding carboxylic acids is 1. The van der Waals surface area contributed by atoms with Crippen LogP contribution in [-0.2, 0) is 4.74 Å². The van der Waals surface area contributed by atoms with Gasteiger partial charge in [-0.2, -0.15) is 0 Å². The molecule has 2 aliphatic heterocycles. The molecule has 2 fully saturated rings. The zero-order valence-electron chi connectivity index (χ0n) is 13.4. The molecule has 6 nitrogen and oxygen atoms in total. The van der Waals surface area contributed by atoms with Crippen molar-refractivity contribution < 1.29 is 9.53 Å². The number of ether oxygens (including phenoxy) is 1. The van der Waals surface area contributed by atoms with E-state index in [-0.39, 0.29) is 11.9 Å². The van der Waals surface area contributed by atoms with Gasteiger partial charge in [0.05, 0.1) is 18.8 Å². The van der Waals surface area contributed by atoms with Crippen molar-refractivity contribution >= 4 is 11.7 Å². The summed E-state index contributed by atoms with van der Waals surface area (Å²) in [5.41, 5.74) is 0.674. The molecule has 1 amide bonds. The van der Waals surface area contributed by atoms with Gasteiger partial charge in [-0.1, -0.05) is 0 Å². The molecule has 0 aromatic carbocycles. The average molecular weight is 304 g/mol. The van der Waals surface area contributed by atoms with Crippen LogP contribution in [0, 0.1) is 0 Å². The average Bonchev–Trinajstić information content (AvgIpc) is 2.55. The van der Waals surface area contributed by atoms with Crippen LogP contribution in [0.2, 0.25) is 0 Å². The van der Waals surface area contributed by atoms with Gasteiger partial charge in [0.2, 0.25) is 0 Å². The minimum absolute atomic E-state index is 0.0848. The quantitative estimate of drug-likeness (QED) is 0.805. The largest absolute Gasteiger partial charge is 0.378 e. The molecule has 1 aromatic heterocycles. The van der Waals surface area contributed by atoms with Gasteiger partial charge in [0, 0.05) is 45.0 Å². The molecule has 0 saturated carbocycles. The molecule has 3 rings (SSSR count). The highest BCUT2D eigenvalue weighted by Crippen LogP contribution is 2.16. The maximum atomic E-state index is 12.6. The van der Waals surface area contributed by atoms with Crippen molar-refractivity contribution in [3.8, 4) is 0 Å². The number of hydrogen-bond acceptors (Lipinski definition) is 5. The Morgan fingerprint density at radius 2 is 2.00 bits per heavy atom. The normalized spacial score (nSPS) is 23.6. The van der Waals surface area contributed by atoms with Crippen molar-refractivity contribution in [1.82, 2.24) is 14.8 Å². The molecular formula is C16H24N4O2. The summed E-state index contributed by atoms with van der Waals surface area (Å²) >= 11 is 0. The van der Waals surface area contributed by atoms with Crippen molar-refractivity contribution in [1.29, 1.82) is 0 Å². The number of piperazine rings is 1. The van der Waals surface area contributed by atoms with E-state index in [0.29, 0.717) is 5.56 Å². The topological polar surface area (TPSA) is 48.9 Å². The molecule has 22 heavy (non-hydrogen) atoms. The highest BCUT2D eigenvalue weighted by molar-refractivity contribution is 5.94. The lowest BCUT2D eigenvalue weighted by Crippen LogP contribution is -2.52. The number of rotatable bonds is 2.